The van der Waals surface area contributed by atoms with Crippen LogP contribution in [0, 0.1) is 13.8 Å². The van der Waals surface area contributed by atoms with E-state index in [9.17, 15) is 30.0 Å². The summed E-state index contributed by atoms with van der Waals surface area (Å²) >= 11 is 0. The highest BCUT2D eigenvalue weighted by atomic mass is 16.5. The van der Waals surface area contributed by atoms with Gasteiger partial charge in [-0.3, -0.25) is 9.59 Å². The molecular formula is C44H60N4O7. The number of carbonyl (C=O) groups is 2. The molecule has 2 atom stereocenters. The molecule has 3 aromatic heterocycles. The van der Waals surface area contributed by atoms with Gasteiger partial charge in [0.15, 0.2) is 0 Å². The van der Waals surface area contributed by atoms with Gasteiger partial charge < -0.3 is 35.1 Å². The summed E-state index contributed by atoms with van der Waals surface area (Å²) < 4.78 is 5.44. The third kappa shape index (κ3) is 10.8. The van der Waals surface area contributed by atoms with E-state index in [2.05, 4.69) is 23.8 Å². The Morgan fingerprint density at radius 1 is 0.618 bits per heavy atom. The molecule has 8 bridgehead atoms. The van der Waals surface area contributed by atoms with Crippen LogP contribution in [0.5, 0.6) is 0 Å². The second-order valence-corrected chi connectivity index (χ2v) is 14.7. The molecule has 55 heavy (non-hydrogen) atoms. The van der Waals surface area contributed by atoms with Crippen LogP contribution in [-0.4, -0.2) is 65.5 Å². The van der Waals surface area contributed by atoms with E-state index < -0.39 is 24.1 Å². The zero-order valence-electron chi connectivity index (χ0n) is 33.9. The number of allylic oxidation sites excluding steroid dienone is 4. The number of carboxylic acids is 2. The molecule has 0 fully saturated rings. The number of nitrogens with one attached hydrogen (secondary N) is 2. The maximum absolute atomic E-state index is 11.6. The van der Waals surface area contributed by atoms with E-state index in [4.69, 9.17) is 14.7 Å². The quantitative estimate of drug-likeness (QED) is 0.0775. The largest absolute Gasteiger partial charge is 0.481 e. The summed E-state index contributed by atoms with van der Waals surface area (Å²) in [5.41, 5.74) is 11.7. The van der Waals surface area contributed by atoms with Crippen molar-refractivity contribution in [3.8, 4) is 0 Å². The van der Waals surface area contributed by atoms with Crippen molar-refractivity contribution in [3.05, 3.63) is 69.3 Å². The lowest BCUT2D eigenvalue weighted by molar-refractivity contribution is -0.137. The van der Waals surface area contributed by atoms with Gasteiger partial charge in [0.05, 0.1) is 35.0 Å². The first-order valence-corrected chi connectivity index (χ1v) is 19.7. The Morgan fingerprint density at radius 3 is 1.42 bits per heavy atom. The van der Waals surface area contributed by atoms with Gasteiger partial charge in [0.25, 0.3) is 0 Å². The van der Waals surface area contributed by atoms with Crippen LogP contribution in [0.15, 0.2) is 24.3 Å². The number of aliphatic hydroxyl groups is 2. The number of aromatic amines is 2. The van der Waals surface area contributed by atoms with Crippen LogP contribution < -0.4 is 0 Å². The van der Waals surface area contributed by atoms with Gasteiger partial charge in [-0.1, -0.05) is 39.5 Å². The monoisotopic (exact) mass is 756 g/mol. The van der Waals surface area contributed by atoms with Crippen molar-refractivity contribution in [1.29, 1.82) is 0 Å². The van der Waals surface area contributed by atoms with Gasteiger partial charge in [-0.05, 0) is 125 Å². The maximum atomic E-state index is 11.6. The molecule has 3 aromatic rings. The zero-order chi connectivity index (χ0) is 40.4. The molecule has 0 aromatic carbocycles. The number of aliphatic hydroxyl groups excluding tert-OH is 2. The molecule has 0 saturated carbocycles. The summed E-state index contributed by atoms with van der Waals surface area (Å²) in [6.07, 6.45) is 6.51. The first-order chi connectivity index (χ1) is 26.2. The number of aromatic nitrogens is 4. The normalized spacial score (nSPS) is 13.9. The molecule has 5 heterocycles. The standard InChI is InChI=1S/C34H38N4O6.C10H22O/c1-15-21(7-9-31(41)42)27-14-28-22(8-10-32(43)44)16(2)24(36-28)12-29-34(20(6)40)18(4)26(38-29)13-30-33(19(5)39)17(3)25(37-30)11-23(15)35-27;1-3-5-7-9-11-10-8-6-4-2/h11-14,19-20,37-40H,7-10H2,1-6H3,(H,41,42)(H,43,44);3-10H2,1-2H3. The van der Waals surface area contributed by atoms with E-state index in [1.165, 1.54) is 38.5 Å². The van der Waals surface area contributed by atoms with Gasteiger partial charge in [-0.25, -0.2) is 9.97 Å². The number of rotatable bonds is 16. The predicted octanol–water partition coefficient (Wildman–Crippen LogP) is 10.0. The van der Waals surface area contributed by atoms with Gasteiger partial charge in [0.1, 0.15) is 0 Å². The summed E-state index contributed by atoms with van der Waals surface area (Å²) in [5, 5.41) is 40.5. The predicted molar refractivity (Wildman–Crippen MR) is 220 cm³/mol. The van der Waals surface area contributed by atoms with Crippen molar-refractivity contribution in [1.82, 2.24) is 19.9 Å². The highest BCUT2D eigenvalue weighted by molar-refractivity contribution is 5.96. The highest BCUT2D eigenvalue weighted by Crippen LogP contribution is 2.39. The topological polar surface area (TPSA) is 182 Å². The summed E-state index contributed by atoms with van der Waals surface area (Å²) in [4.78, 5) is 39.8. The minimum absolute atomic E-state index is 0.0750. The van der Waals surface area contributed by atoms with Crippen LogP contribution in [0.4, 0.5) is 0 Å². The fraction of sp³-hybridized carbons (Fsp3) is 0.500. The smallest absolute Gasteiger partial charge is 0.303 e. The van der Waals surface area contributed by atoms with Crippen molar-refractivity contribution < 1.29 is 34.8 Å². The average Bonchev–Trinajstić information content (AvgIpc) is 3.79. The van der Waals surface area contributed by atoms with E-state index >= 15 is 0 Å². The summed E-state index contributed by atoms with van der Waals surface area (Å²) in [7, 11) is 0. The molecule has 298 valence electrons. The summed E-state index contributed by atoms with van der Waals surface area (Å²) in [6, 6.07) is 7.51. The number of unbranched alkanes of at least 4 members (excludes halogenated alkanes) is 4. The number of hydrogen-bond acceptors (Lipinski definition) is 7. The average molecular weight is 757 g/mol. The van der Waals surface area contributed by atoms with Crippen LogP contribution >= 0.6 is 0 Å². The van der Waals surface area contributed by atoms with E-state index in [0.29, 0.717) is 39.4 Å². The molecule has 0 spiro atoms. The molecule has 6 N–H and O–H groups in total. The minimum Gasteiger partial charge on any atom is -0.481 e. The molecule has 2 aliphatic rings. The number of ether oxygens (including phenoxy) is 1. The third-order valence-electron chi connectivity index (χ3n) is 10.4. The van der Waals surface area contributed by atoms with E-state index in [0.717, 1.165) is 63.2 Å². The second kappa shape index (κ2) is 19.8. The number of hydrogen-bond donors (Lipinski definition) is 6. The molecule has 11 nitrogen and oxygen atoms in total. The number of H-pyrrole nitrogens is 2. The van der Waals surface area contributed by atoms with Gasteiger partial charge in [0.2, 0.25) is 0 Å². The van der Waals surface area contributed by atoms with Crippen LogP contribution in [-0.2, 0) is 14.3 Å². The Balaban J connectivity index is 0.000000533. The van der Waals surface area contributed by atoms with Gasteiger partial charge >= 0.3 is 11.9 Å². The van der Waals surface area contributed by atoms with Gasteiger partial charge in [-0.15, -0.1) is 0 Å². The number of aliphatic carboxylic acids is 2. The van der Waals surface area contributed by atoms with Crippen LogP contribution in [0.1, 0.15) is 163 Å². The Kier molecular flexibility index (Phi) is 15.6. The van der Waals surface area contributed by atoms with Crippen LogP contribution in [0.25, 0.3) is 44.4 Å². The Bertz CT molecular complexity index is 2080. The molecule has 0 amide bonds. The molecule has 11 heteroatoms. The first-order valence-electron chi connectivity index (χ1n) is 19.7. The van der Waals surface area contributed by atoms with E-state index in [-0.39, 0.29) is 25.7 Å². The molecular weight excluding hydrogens is 697 g/mol. The fourth-order valence-electron chi connectivity index (χ4n) is 7.33. The first kappa shape index (κ1) is 43.2. The van der Waals surface area contributed by atoms with Crippen LogP contribution in [0.2, 0.25) is 0 Å². The van der Waals surface area contributed by atoms with E-state index in [1.807, 2.05) is 52.0 Å². The number of nitrogens with zero attached hydrogens (tertiary/aromatic N) is 2. The van der Waals surface area contributed by atoms with Crippen molar-refractivity contribution in [2.24, 2.45) is 0 Å². The molecule has 5 rings (SSSR count). The molecule has 2 aliphatic heterocycles. The lowest BCUT2D eigenvalue weighted by atomic mass is 9.98. The number of fused-ring (bicyclic) bond motifs is 8. The third-order valence-corrected chi connectivity index (χ3v) is 10.4. The molecule has 0 aliphatic carbocycles. The van der Waals surface area contributed by atoms with E-state index in [1.54, 1.807) is 13.8 Å². The van der Waals surface area contributed by atoms with Gasteiger partial charge in [0, 0.05) is 59.2 Å². The Morgan fingerprint density at radius 2 is 1.02 bits per heavy atom. The summed E-state index contributed by atoms with van der Waals surface area (Å²) in [6.45, 7) is 17.5. The van der Waals surface area contributed by atoms with Crippen molar-refractivity contribution in [3.63, 3.8) is 0 Å². The Labute approximate surface area is 324 Å². The SMILES string of the molecule is CC1=C(CCC(=O)O)c2cc3nc(cc4[nH]c(cc5[nH]c(cc1n2)c(C)c5C(C)O)c(C)c4C(C)O)C(C)=C3CCC(=O)O.CCCCCOCCCCC. The molecule has 0 saturated heterocycles. The highest BCUT2D eigenvalue weighted by Gasteiger charge is 2.23. The second-order valence-electron chi connectivity index (χ2n) is 14.7. The fourth-order valence-corrected chi connectivity index (χ4v) is 7.33. The summed E-state index contributed by atoms with van der Waals surface area (Å²) in [5.74, 6) is -1.84. The van der Waals surface area contributed by atoms with Gasteiger partial charge in [-0.2, -0.15) is 0 Å². The van der Waals surface area contributed by atoms with Crippen molar-refractivity contribution in [2.45, 2.75) is 132 Å². The zero-order valence-corrected chi connectivity index (χ0v) is 33.9. The lowest BCUT2D eigenvalue weighted by Gasteiger charge is -2.05. The molecule has 2 unspecified atom stereocenters. The van der Waals surface area contributed by atoms with Crippen molar-refractivity contribution >= 4 is 56.3 Å². The molecule has 0 radical (unpaired) electrons. The number of carboxylic acid groups (broad SMARTS) is 2. The lowest BCUT2D eigenvalue weighted by Crippen LogP contribution is -1.97. The van der Waals surface area contributed by atoms with Crippen molar-refractivity contribution in [2.75, 3.05) is 13.2 Å². The number of aryl methyl sites for hydroxylation is 2. The van der Waals surface area contributed by atoms with Crippen LogP contribution in [0.3, 0.4) is 0 Å². The minimum atomic E-state index is -0.921. The Hall–Kier alpha value is -4.58. The maximum Gasteiger partial charge on any atom is 0.303 e.